The van der Waals surface area contributed by atoms with Gasteiger partial charge in [-0.1, -0.05) is 60.3 Å². The van der Waals surface area contributed by atoms with Crippen LogP contribution < -0.4 is 5.56 Å². The third kappa shape index (κ3) is 3.55. The van der Waals surface area contributed by atoms with Crippen LogP contribution in [0.25, 0.3) is 11.0 Å². The summed E-state index contributed by atoms with van der Waals surface area (Å²) in [6.45, 7) is 13.8. The number of fused-ring (bicyclic) bond motifs is 1. The molecule has 5 heteroatoms. The quantitative estimate of drug-likeness (QED) is 0.509. The first kappa shape index (κ1) is 20.8. The molecular weight excluding hydrogens is 362 g/mol. The molecule has 2 aromatic heterocycles. The van der Waals surface area contributed by atoms with Gasteiger partial charge in [-0.2, -0.15) is 0 Å². The average molecular weight is 396 g/mol. The summed E-state index contributed by atoms with van der Waals surface area (Å²) in [6.07, 6.45) is 7.82. The predicted octanol–water partition coefficient (Wildman–Crippen LogP) is 5.48. The highest BCUT2D eigenvalue weighted by molar-refractivity contribution is 6.90. The molecule has 0 N–H and O–H groups in total. The molecule has 2 heterocycles. The summed E-state index contributed by atoms with van der Waals surface area (Å²) >= 11 is 0. The Morgan fingerprint density at radius 1 is 1.07 bits per heavy atom. The van der Waals surface area contributed by atoms with Gasteiger partial charge in [0.25, 0.3) is 5.56 Å². The van der Waals surface area contributed by atoms with E-state index in [0.29, 0.717) is 16.6 Å². The Balaban J connectivity index is 2.20. The van der Waals surface area contributed by atoms with Crippen LogP contribution in [0.3, 0.4) is 0 Å². The minimum Gasteiger partial charge on any atom is -0.289 e. The van der Waals surface area contributed by atoms with E-state index in [0.717, 1.165) is 29.4 Å². The van der Waals surface area contributed by atoms with Crippen LogP contribution in [-0.4, -0.2) is 22.6 Å². The molecule has 2 aromatic rings. The average Bonchev–Trinajstić information content (AvgIpc) is 3.15. The van der Waals surface area contributed by atoms with E-state index in [9.17, 15) is 4.79 Å². The van der Waals surface area contributed by atoms with Gasteiger partial charge < -0.3 is 0 Å². The summed E-state index contributed by atoms with van der Waals surface area (Å²) in [5.74, 6) is 3.45. The van der Waals surface area contributed by atoms with Crippen LogP contribution in [0.2, 0.25) is 16.6 Å². The molecule has 28 heavy (non-hydrogen) atoms. The van der Waals surface area contributed by atoms with Gasteiger partial charge in [0.1, 0.15) is 20.0 Å². The highest BCUT2D eigenvalue weighted by Crippen LogP contribution is 2.41. The Labute approximate surface area is 169 Å². The van der Waals surface area contributed by atoms with E-state index in [1.807, 2.05) is 10.8 Å². The topological polar surface area (TPSA) is 47.8 Å². The molecular formula is C23H33N3OSi. The van der Waals surface area contributed by atoms with Crippen LogP contribution in [0.5, 0.6) is 0 Å². The first-order valence-corrected chi connectivity index (χ1v) is 12.9. The summed E-state index contributed by atoms with van der Waals surface area (Å²) in [7, 11) is -1.87. The van der Waals surface area contributed by atoms with Crippen molar-refractivity contribution >= 4 is 19.1 Å². The summed E-state index contributed by atoms with van der Waals surface area (Å²) in [5.41, 5.74) is 6.96. The fraction of sp³-hybridized carbons (Fsp3) is 0.609. The van der Waals surface area contributed by atoms with Gasteiger partial charge in [-0.05, 0) is 29.5 Å². The maximum absolute atomic E-state index is 13.0. The Kier molecular flexibility index (Phi) is 6.09. The van der Waals surface area contributed by atoms with Crippen LogP contribution >= 0.6 is 0 Å². The second kappa shape index (κ2) is 8.20. The molecule has 0 spiro atoms. The summed E-state index contributed by atoms with van der Waals surface area (Å²) in [4.78, 5) is 21.7. The molecule has 0 bridgehead atoms. The Morgan fingerprint density at radius 2 is 1.68 bits per heavy atom. The van der Waals surface area contributed by atoms with E-state index < -0.39 is 8.07 Å². The molecule has 0 aromatic carbocycles. The van der Waals surface area contributed by atoms with Gasteiger partial charge >= 0.3 is 0 Å². The van der Waals surface area contributed by atoms with Crippen LogP contribution in [0.15, 0.2) is 23.4 Å². The number of nitrogens with zero attached hydrogens (tertiary/aromatic N) is 3. The monoisotopic (exact) mass is 395 g/mol. The highest BCUT2D eigenvalue weighted by Gasteiger charge is 2.41. The summed E-state index contributed by atoms with van der Waals surface area (Å²) in [5, 5.41) is 0.903. The first-order chi connectivity index (χ1) is 13.3. The van der Waals surface area contributed by atoms with Gasteiger partial charge in [-0.15, -0.1) is 5.54 Å². The molecule has 1 aliphatic rings. The molecule has 0 radical (unpaired) electrons. The van der Waals surface area contributed by atoms with E-state index in [2.05, 4.69) is 63.0 Å². The van der Waals surface area contributed by atoms with Gasteiger partial charge in [-0.3, -0.25) is 9.36 Å². The van der Waals surface area contributed by atoms with E-state index in [4.69, 9.17) is 0 Å². The maximum atomic E-state index is 13.0. The van der Waals surface area contributed by atoms with Crippen molar-refractivity contribution in [1.82, 2.24) is 14.5 Å². The van der Waals surface area contributed by atoms with Crippen LogP contribution in [0.1, 0.15) is 78.8 Å². The Morgan fingerprint density at radius 3 is 2.25 bits per heavy atom. The maximum Gasteiger partial charge on any atom is 0.253 e. The third-order valence-corrected chi connectivity index (χ3v) is 13.0. The van der Waals surface area contributed by atoms with Gasteiger partial charge in [0.15, 0.2) is 0 Å². The first-order valence-electron chi connectivity index (χ1n) is 10.7. The van der Waals surface area contributed by atoms with Crippen molar-refractivity contribution in [2.75, 3.05) is 0 Å². The summed E-state index contributed by atoms with van der Waals surface area (Å²) < 4.78 is 1.88. The fourth-order valence-electron chi connectivity index (χ4n) is 5.31. The van der Waals surface area contributed by atoms with Gasteiger partial charge in [-0.25, -0.2) is 9.97 Å². The lowest BCUT2D eigenvalue weighted by Gasteiger charge is -2.38. The predicted molar refractivity (Wildman–Crippen MR) is 119 cm³/mol. The van der Waals surface area contributed by atoms with E-state index in [-0.39, 0.29) is 11.6 Å². The molecule has 0 aliphatic heterocycles. The van der Waals surface area contributed by atoms with E-state index in [1.54, 1.807) is 12.4 Å². The van der Waals surface area contributed by atoms with Crippen LogP contribution in [0.4, 0.5) is 0 Å². The fourth-order valence-corrected chi connectivity index (χ4v) is 10.5. The third-order valence-electron chi connectivity index (χ3n) is 6.68. The zero-order valence-corrected chi connectivity index (χ0v) is 19.1. The van der Waals surface area contributed by atoms with Crippen molar-refractivity contribution in [1.29, 1.82) is 0 Å². The van der Waals surface area contributed by atoms with Crippen molar-refractivity contribution in [2.45, 2.75) is 89.9 Å². The molecule has 0 unspecified atom stereocenters. The van der Waals surface area contributed by atoms with Gasteiger partial charge in [0, 0.05) is 23.9 Å². The number of pyridine rings is 1. The Bertz CT molecular complexity index is 937. The molecule has 150 valence electrons. The Hall–Kier alpha value is -1.93. The molecule has 1 saturated carbocycles. The second-order valence-corrected chi connectivity index (χ2v) is 14.7. The van der Waals surface area contributed by atoms with Crippen molar-refractivity contribution in [3.8, 4) is 11.5 Å². The van der Waals surface area contributed by atoms with Crippen LogP contribution in [-0.2, 0) is 0 Å². The highest BCUT2D eigenvalue weighted by atomic mass is 28.3. The van der Waals surface area contributed by atoms with Gasteiger partial charge in [0.2, 0.25) is 0 Å². The number of aromatic nitrogens is 3. The molecule has 1 aliphatic carbocycles. The van der Waals surface area contributed by atoms with E-state index in [1.165, 1.54) is 12.8 Å². The summed E-state index contributed by atoms with van der Waals surface area (Å²) in [6, 6.07) is 1.97. The lowest BCUT2D eigenvalue weighted by Crippen LogP contribution is -2.43. The number of rotatable bonds is 4. The SMILES string of the molecule is CC(C)[Si](C#Cc1cc(=O)n(C2CCCC2)c2ncncc12)(C(C)C)C(C)C. The lowest BCUT2D eigenvalue weighted by molar-refractivity contribution is 0.515. The van der Waals surface area contributed by atoms with Crippen molar-refractivity contribution in [2.24, 2.45) is 0 Å². The zero-order valence-electron chi connectivity index (χ0n) is 18.1. The minimum absolute atomic E-state index is 0.0216. The number of hydrogen-bond donors (Lipinski definition) is 0. The molecule has 0 saturated heterocycles. The minimum atomic E-state index is -1.87. The zero-order chi connectivity index (χ0) is 20.5. The number of hydrogen-bond acceptors (Lipinski definition) is 3. The van der Waals surface area contributed by atoms with Crippen molar-refractivity contribution in [3.05, 3.63) is 34.5 Å². The normalized spacial score (nSPS) is 15.6. The largest absolute Gasteiger partial charge is 0.289 e. The van der Waals surface area contributed by atoms with Crippen molar-refractivity contribution < 1.29 is 0 Å². The molecule has 4 nitrogen and oxygen atoms in total. The molecule has 0 amide bonds. The molecule has 0 atom stereocenters. The van der Waals surface area contributed by atoms with Gasteiger partial charge in [0.05, 0.1) is 5.39 Å². The van der Waals surface area contributed by atoms with Crippen molar-refractivity contribution in [3.63, 3.8) is 0 Å². The van der Waals surface area contributed by atoms with Crippen LogP contribution in [0, 0.1) is 11.5 Å². The smallest absolute Gasteiger partial charge is 0.253 e. The molecule has 1 fully saturated rings. The molecule has 3 rings (SSSR count). The lowest BCUT2D eigenvalue weighted by atomic mass is 10.1. The van der Waals surface area contributed by atoms with E-state index >= 15 is 0 Å². The second-order valence-electron chi connectivity index (χ2n) is 9.11. The standard InChI is InChI=1S/C23H33N3OSi/c1-16(2)28(17(3)4,18(5)6)12-11-19-13-22(27)26(20-9-7-8-10-20)23-21(19)14-24-15-25-23/h13-18,20H,7-10H2,1-6H3.